The van der Waals surface area contributed by atoms with Crippen molar-refractivity contribution in [3.05, 3.63) is 82.9 Å². The van der Waals surface area contributed by atoms with E-state index in [0.29, 0.717) is 11.3 Å². The quantitative estimate of drug-likeness (QED) is 0.578. The van der Waals surface area contributed by atoms with Crippen LogP contribution in [-0.2, 0) is 6.54 Å². The van der Waals surface area contributed by atoms with Gasteiger partial charge in [0, 0.05) is 31.7 Å². The first-order valence-corrected chi connectivity index (χ1v) is 11.1. The van der Waals surface area contributed by atoms with Crippen LogP contribution in [0.2, 0.25) is 5.02 Å². The lowest BCUT2D eigenvalue weighted by Crippen LogP contribution is -2.44. The van der Waals surface area contributed by atoms with Crippen LogP contribution in [0, 0.1) is 0 Å². The van der Waals surface area contributed by atoms with Crippen LogP contribution in [-0.4, -0.2) is 55.1 Å². The zero-order valence-corrected chi connectivity index (χ0v) is 18.9. The third-order valence-electron chi connectivity index (χ3n) is 6.38. The zero-order chi connectivity index (χ0) is 22.2. The summed E-state index contributed by atoms with van der Waals surface area (Å²) in [5, 5.41) is 0.762. The lowest BCUT2D eigenvalue weighted by Gasteiger charge is -2.25. The Balaban J connectivity index is 1.43. The van der Waals surface area contributed by atoms with Gasteiger partial charge in [0.05, 0.1) is 18.7 Å². The molecule has 0 radical (unpaired) electrons. The van der Waals surface area contributed by atoms with Crippen LogP contribution in [0.5, 0.6) is 11.5 Å². The van der Waals surface area contributed by atoms with Crippen LogP contribution >= 0.6 is 11.6 Å². The van der Waals surface area contributed by atoms with E-state index < -0.39 is 0 Å². The van der Waals surface area contributed by atoms with Gasteiger partial charge in [-0.1, -0.05) is 48.0 Å². The largest absolute Gasteiger partial charge is 0.497 e. The molecule has 2 aliphatic heterocycles. The van der Waals surface area contributed by atoms with Gasteiger partial charge in [-0.05, 0) is 47.0 Å². The van der Waals surface area contributed by atoms with Crippen LogP contribution in [0.1, 0.15) is 15.9 Å². The molecule has 3 aromatic carbocycles. The lowest BCUT2D eigenvalue weighted by atomic mass is 10.0. The maximum absolute atomic E-state index is 13.2. The van der Waals surface area contributed by atoms with Gasteiger partial charge in [0.1, 0.15) is 17.6 Å². The van der Waals surface area contributed by atoms with Gasteiger partial charge in [-0.3, -0.25) is 9.69 Å². The molecule has 5 nitrogen and oxygen atoms in total. The molecule has 1 saturated heterocycles. The van der Waals surface area contributed by atoms with Gasteiger partial charge in [0.2, 0.25) is 0 Å². The molecule has 1 fully saturated rings. The zero-order valence-electron chi connectivity index (χ0n) is 18.1. The first-order chi connectivity index (χ1) is 15.5. The number of likely N-dealkylation sites (tertiary alicyclic amines) is 1. The van der Waals surface area contributed by atoms with Crippen LogP contribution < -0.4 is 9.47 Å². The predicted molar refractivity (Wildman–Crippen MR) is 125 cm³/mol. The Morgan fingerprint density at radius 1 is 1.03 bits per heavy atom. The number of methoxy groups -OCH3 is 1. The fourth-order valence-corrected chi connectivity index (χ4v) is 4.80. The van der Waals surface area contributed by atoms with Crippen molar-refractivity contribution < 1.29 is 14.3 Å². The summed E-state index contributed by atoms with van der Waals surface area (Å²) in [5.41, 5.74) is 3.69. The number of carbonyl (C=O) groups is 1. The lowest BCUT2D eigenvalue weighted by molar-refractivity contribution is 0.0682. The normalized spacial score (nSPS) is 20.3. The second-order valence-electron chi connectivity index (χ2n) is 8.37. The van der Waals surface area contributed by atoms with Gasteiger partial charge in [-0.15, -0.1) is 0 Å². The van der Waals surface area contributed by atoms with Crippen LogP contribution in [0.25, 0.3) is 11.1 Å². The van der Waals surface area contributed by atoms with Crippen LogP contribution in [0.4, 0.5) is 0 Å². The highest BCUT2D eigenvalue weighted by Crippen LogP contribution is 2.35. The minimum Gasteiger partial charge on any atom is -0.497 e. The summed E-state index contributed by atoms with van der Waals surface area (Å²) in [7, 11) is 3.52. The van der Waals surface area contributed by atoms with Crippen molar-refractivity contribution in [1.29, 1.82) is 0 Å². The summed E-state index contributed by atoms with van der Waals surface area (Å²) < 4.78 is 11.8. The van der Waals surface area contributed by atoms with Crippen molar-refractivity contribution in [1.82, 2.24) is 9.80 Å². The molecule has 5 rings (SSSR count). The average molecular weight is 449 g/mol. The number of amides is 1. The Kier molecular flexibility index (Phi) is 5.53. The fourth-order valence-electron chi connectivity index (χ4n) is 4.60. The van der Waals surface area contributed by atoms with Gasteiger partial charge < -0.3 is 14.4 Å². The number of halogens is 1. The van der Waals surface area contributed by atoms with Crippen molar-refractivity contribution in [2.75, 3.05) is 27.2 Å². The van der Waals surface area contributed by atoms with Crippen LogP contribution in [0.3, 0.4) is 0 Å². The SMILES string of the molecule is COc1cccc(-c2ccc3c(c2)O[C@H]2CN(Cc4ccccc4Cl)C[C@H]2N(C)C3=O)c1. The predicted octanol–water partition coefficient (Wildman–Crippen LogP) is 4.73. The average Bonchev–Trinajstić information content (AvgIpc) is 3.18. The summed E-state index contributed by atoms with van der Waals surface area (Å²) in [5.74, 6) is 1.42. The van der Waals surface area contributed by atoms with Crippen molar-refractivity contribution in [2.45, 2.75) is 18.7 Å². The Hall–Kier alpha value is -3.02. The van der Waals surface area contributed by atoms with Crippen LogP contribution in [0.15, 0.2) is 66.7 Å². The molecule has 0 aromatic heterocycles. The monoisotopic (exact) mass is 448 g/mol. The Labute approximate surface area is 193 Å². The number of ether oxygens (including phenoxy) is 2. The molecule has 0 unspecified atom stereocenters. The molecular formula is C26H25ClN2O3. The first-order valence-electron chi connectivity index (χ1n) is 10.7. The summed E-state index contributed by atoms with van der Waals surface area (Å²) in [6.07, 6.45) is -0.103. The minimum atomic E-state index is -0.103. The second-order valence-corrected chi connectivity index (χ2v) is 8.78. The third kappa shape index (κ3) is 3.83. The van der Waals surface area contributed by atoms with Gasteiger partial charge in [-0.25, -0.2) is 0 Å². The molecule has 0 spiro atoms. The highest BCUT2D eigenvalue weighted by molar-refractivity contribution is 6.31. The molecule has 0 aliphatic carbocycles. The Morgan fingerprint density at radius 2 is 1.84 bits per heavy atom. The van der Waals surface area contributed by atoms with E-state index in [2.05, 4.69) is 4.90 Å². The standard InChI is InChI=1S/C26H25ClN2O3/c1-28-23-15-29(14-19-6-3-4-9-22(19)27)16-25(23)32-24-13-18(10-11-21(24)26(28)30)17-7-5-8-20(12-17)31-2/h3-13,23,25H,14-16H2,1-2H3/t23-,25+/m1/s1. The molecule has 2 atom stereocenters. The van der Waals surface area contributed by atoms with E-state index in [0.717, 1.165) is 47.1 Å². The second kappa shape index (κ2) is 8.49. The van der Waals surface area contributed by atoms with Gasteiger partial charge in [0.15, 0.2) is 0 Å². The van der Waals surface area contributed by atoms with E-state index in [9.17, 15) is 4.79 Å². The van der Waals surface area contributed by atoms with E-state index in [4.69, 9.17) is 21.1 Å². The Bertz CT molecular complexity index is 1170. The minimum absolute atomic E-state index is 0.00992. The summed E-state index contributed by atoms with van der Waals surface area (Å²) >= 11 is 6.37. The summed E-state index contributed by atoms with van der Waals surface area (Å²) in [6.45, 7) is 2.21. The molecule has 2 aliphatic rings. The number of carbonyl (C=O) groups excluding carboxylic acids is 1. The molecular weight excluding hydrogens is 424 g/mol. The molecule has 32 heavy (non-hydrogen) atoms. The molecule has 164 valence electrons. The number of likely N-dealkylation sites (N-methyl/N-ethyl adjacent to an activating group) is 1. The highest BCUT2D eigenvalue weighted by Gasteiger charge is 2.42. The van der Waals surface area contributed by atoms with Crippen molar-refractivity contribution in [3.63, 3.8) is 0 Å². The number of rotatable bonds is 4. The van der Waals surface area contributed by atoms with E-state index in [1.165, 1.54) is 0 Å². The first kappa shape index (κ1) is 20.9. The van der Waals surface area contributed by atoms with E-state index >= 15 is 0 Å². The number of nitrogens with zero attached hydrogens (tertiary/aromatic N) is 2. The maximum atomic E-state index is 13.2. The molecule has 3 aromatic rings. The molecule has 0 saturated carbocycles. The Morgan fingerprint density at radius 3 is 2.66 bits per heavy atom. The van der Waals surface area contributed by atoms with Gasteiger partial charge in [0.25, 0.3) is 5.91 Å². The molecule has 0 N–H and O–H groups in total. The van der Waals surface area contributed by atoms with E-state index in [1.54, 1.807) is 7.11 Å². The maximum Gasteiger partial charge on any atom is 0.257 e. The number of fused-ring (bicyclic) bond motifs is 2. The summed E-state index contributed by atoms with van der Waals surface area (Å²) in [6, 6.07) is 21.6. The smallest absolute Gasteiger partial charge is 0.257 e. The van der Waals surface area contributed by atoms with E-state index in [-0.39, 0.29) is 18.1 Å². The third-order valence-corrected chi connectivity index (χ3v) is 6.74. The van der Waals surface area contributed by atoms with Crippen molar-refractivity contribution in [2.24, 2.45) is 0 Å². The van der Waals surface area contributed by atoms with Crippen molar-refractivity contribution in [3.8, 4) is 22.6 Å². The molecule has 0 bridgehead atoms. The molecule has 6 heteroatoms. The summed E-state index contributed by atoms with van der Waals surface area (Å²) in [4.78, 5) is 17.4. The number of benzene rings is 3. The van der Waals surface area contributed by atoms with Gasteiger partial charge in [-0.2, -0.15) is 0 Å². The number of hydrogen-bond donors (Lipinski definition) is 0. The fraction of sp³-hybridized carbons (Fsp3) is 0.269. The topological polar surface area (TPSA) is 42.0 Å². The number of hydrogen-bond acceptors (Lipinski definition) is 4. The van der Waals surface area contributed by atoms with E-state index in [1.807, 2.05) is 78.7 Å². The van der Waals surface area contributed by atoms with Gasteiger partial charge >= 0.3 is 0 Å². The van der Waals surface area contributed by atoms with Crippen molar-refractivity contribution >= 4 is 17.5 Å². The highest BCUT2D eigenvalue weighted by atomic mass is 35.5. The molecule has 2 heterocycles. The molecule has 1 amide bonds.